The first-order valence-corrected chi connectivity index (χ1v) is 8.83. The second-order valence-electron chi connectivity index (χ2n) is 6.10. The van der Waals surface area contributed by atoms with Crippen LogP contribution in [0, 0.1) is 0 Å². The van der Waals surface area contributed by atoms with Crippen LogP contribution in [0.3, 0.4) is 0 Å². The van der Waals surface area contributed by atoms with E-state index in [1.807, 2.05) is 0 Å². The molecule has 25 heavy (non-hydrogen) atoms. The number of aromatic amines is 2. The fourth-order valence-electron chi connectivity index (χ4n) is 2.71. The second kappa shape index (κ2) is 9.83. The molecule has 0 spiro atoms. The van der Waals surface area contributed by atoms with E-state index in [2.05, 4.69) is 44.3 Å². The topological polar surface area (TPSA) is 120 Å². The first kappa shape index (κ1) is 19.0. The van der Waals surface area contributed by atoms with Crippen molar-refractivity contribution < 1.29 is 9.90 Å². The highest BCUT2D eigenvalue weighted by atomic mass is 16.3. The number of allylic oxidation sites excluding steroid dienone is 1. The van der Waals surface area contributed by atoms with E-state index >= 15 is 0 Å². The monoisotopic (exact) mass is 346 g/mol. The molecule has 0 aliphatic carbocycles. The average molecular weight is 346 g/mol. The summed E-state index contributed by atoms with van der Waals surface area (Å²) in [6.07, 6.45) is 8.65. The van der Waals surface area contributed by atoms with Crippen molar-refractivity contribution in [2.75, 3.05) is 0 Å². The van der Waals surface area contributed by atoms with Crippen molar-refractivity contribution in [3.8, 4) is 11.4 Å². The standard InChI is InChI=1S/C17H26N6O2/c1-3-5-6-7-8-9-12(24)10-11-13-15(19-22-18-13)17-16(14(25)4-2)20-23-21-17/h4,12,24H,2-3,5-11H2,1H3,(H,18,19,22)(H,20,21,23)/t12-/m1/s1. The van der Waals surface area contributed by atoms with Crippen molar-refractivity contribution in [3.05, 3.63) is 24.0 Å². The van der Waals surface area contributed by atoms with Crippen LogP contribution in [0.5, 0.6) is 0 Å². The third-order valence-electron chi connectivity index (χ3n) is 4.17. The number of nitrogens with one attached hydrogen (secondary N) is 2. The Morgan fingerprint density at radius 1 is 1.08 bits per heavy atom. The number of carbonyl (C=O) groups excluding carboxylic acids is 1. The molecule has 2 aromatic heterocycles. The number of rotatable bonds is 12. The zero-order valence-electron chi connectivity index (χ0n) is 14.7. The minimum atomic E-state index is -0.363. The van der Waals surface area contributed by atoms with E-state index in [0.29, 0.717) is 29.9 Å². The molecule has 0 aromatic carbocycles. The Kier molecular flexibility index (Phi) is 7.46. The Morgan fingerprint density at radius 3 is 2.56 bits per heavy atom. The van der Waals surface area contributed by atoms with E-state index < -0.39 is 0 Å². The zero-order chi connectivity index (χ0) is 18.1. The van der Waals surface area contributed by atoms with E-state index in [1.165, 1.54) is 25.3 Å². The van der Waals surface area contributed by atoms with Gasteiger partial charge in [-0.2, -0.15) is 30.8 Å². The van der Waals surface area contributed by atoms with Gasteiger partial charge in [-0.15, -0.1) is 0 Å². The fourth-order valence-corrected chi connectivity index (χ4v) is 2.71. The smallest absolute Gasteiger partial charge is 0.207 e. The number of unbranched alkanes of at least 4 members (excludes halogenated alkanes) is 4. The van der Waals surface area contributed by atoms with Gasteiger partial charge >= 0.3 is 0 Å². The molecule has 8 nitrogen and oxygen atoms in total. The van der Waals surface area contributed by atoms with Gasteiger partial charge in [-0.25, -0.2) is 0 Å². The van der Waals surface area contributed by atoms with Gasteiger partial charge in [0.15, 0.2) is 5.69 Å². The molecule has 3 N–H and O–H groups in total. The highest BCUT2D eigenvalue weighted by Crippen LogP contribution is 2.22. The third-order valence-corrected chi connectivity index (χ3v) is 4.17. The Labute approximate surface area is 147 Å². The third kappa shape index (κ3) is 5.32. The van der Waals surface area contributed by atoms with Crippen LogP contribution < -0.4 is 0 Å². The minimum absolute atomic E-state index is 0.168. The highest BCUT2D eigenvalue weighted by Gasteiger charge is 2.21. The first-order valence-electron chi connectivity index (χ1n) is 8.83. The number of aromatic nitrogens is 6. The summed E-state index contributed by atoms with van der Waals surface area (Å²) in [6, 6.07) is 0. The van der Waals surface area contributed by atoms with Crippen molar-refractivity contribution >= 4 is 5.78 Å². The molecule has 136 valence electrons. The van der Waals surface area contributed by atoms with Crippen LogP contribution in [0.2, 0.25) is 0 Å². The number of aliphatic hydroxyl groups excluding tert-OH is 1. The zero-order valence-corrected chi connectivity index (χ0v) is 14.7. The second-order valence-corrected chi connectivity index (χ2v) is 6.10. The predicted molar refractivity (Wildman–Crippen MR) is 94.0 cm³/mol. The summed E-state index contributed by atoms with van der Waals surface area (Å²) in [5.41, 5.74) is 1.66. The molecule has 0 amide bonds. The maximum absolute atomic E-state index is 11.8. The predicted octanol–water partition coefficient (Wildman–Crippen LogP) is 2.61. The molecule has 2 rings (SSSR count). The molecule has 2 aromatic rings. The average Bonchev–Trinajstić information content (AvgIpc) is 3.27. The van der Waals surface area contributed by atoms with Gasteiger partial charge in [0.05, 0.1) is 11.8 Å². The van der Waals surface area contributed by atoms with Crippen LogP contribution in [-0.2, 0) is 6.42 Å². The normalized spacial score (nSPS) is 12.2. The number of nitrogens with zero attached hydrogens (tertiary/aromatic N) is 4. The highest BCUT2D eigenvalue weighted by molar-refractivity contribution is 6.06. The maximum Gasteiger partial charge on any atom is 0.207 e. The first-order chi connectivity index (χ1) is 12.2. The van der Waals surface area contributed by atoms with Gasteiger partial charge in [-0.1, -0.05) is 45.6 Å². The maximum atomic E-state index is 11.8. The van der Waals surface area contributed by atoms with Crippen LogP contribution in [0.25, 0.3) is 11.4 Å². The number of aryl methyl sites for hydroxylation is 1. The van der Waals surface area contributed by atoms with Gasteiger partial charge in [0.1, 0.15) is 11.4 Å². The van der Waals surface area contributed by atoms with Gasteiger partial charge in [-0.05, 0) is 25.3 Å². The Hall–Kier alpha value is -2.35. The van der Waals surface area contributed by atoms with Gasteiger partial charge in [-0.3, -0.25) is 4.79 Å². The molecule has 2 heterocycles. The van der Waals surface area contributed by atoms with E-state index in [-0.39, 0.29) is 17.6 Å². The molecular weight excluding hydrogens is 320 g/mol. The molecule has 0 aliphatic heterocycles. The number of H-pyrrole nitrogens is 2. The lowest BCUT2D eigenvalue weighted by Crippen LogP contribution is -2.08. The lowest BCUT2D eigenvalue weighted by Gasteiger charge is -2.09. The molecule has 0 fully saturated rings. The fraction of sp³-hybridized carbons (Fsp3) is 0.588. The van der Waals surface area contributed by atoms with Crippen molar-refractivity contribution in [3.63, 3.8) is 0 Å². The number of hydrogen-bond acceptors (Lipinski definition) is 6. The molecule has 8 heteroatoms. The number of aliphatic hydroxyl groups is 1. The number of carbonyl (C=O) groups is 1. The molecule has 0 saturated carbocycles. The molecule has 0 saturated heterocycles. The van der Waals surface area contributed by atoms with E-state index in [9.17, 15) is 9.90 Å². The Balaban J connectivity index is 1.91. The van der Waals surface area contributed by atoms with Crippen LogP contribution in [0.1, 0.15) is 68.1 Å². The summed E-state index contributed by atoms with van der Waals surface area (Å²) >= 11 is 0. The lowest BCUT2D eigenvalue weighted by molar-refractivity contribution is 0.104. The molecule has 0 radical (unpaired) electrons. The van der Waals surface area contributed by atoms with E-state index in [4.69, 9.17) is 0 Å². The van der Waals surface area contributed by atoms with Crippen molar-refractivity contribution in [2.45, 2.75) is 64.4 Å². The van der Waals surface area contributed by atoms with E-state index in [1.54, 1.807) is 0 Å². The summed E-state index contributed by atoms with van der Waals surface area (Å²) in [7, 11) is 0. The summed E-state index contributed by atoms with van der Waals surface area (Å²) < 4.78 is 0. The summed E-state index contributed by atoms with van der Waals surface area (Å²) in [5.74, 6) is -0.329. The molecule has 0 unspecified atom stereocenters. The Morgan fingerprint density at radius 2 is 1.80 bits per heavy atom. The van der Waals surface area contributed by atoms with Crippen molar-refractivity contribution in [1.82, 2.24) is 30.8 Å². The van der Waals surface area contributed by atoms with E-state index in [0.717, 1.165) is 19.3 Å². The van der Waals surface area contributed by atoms with Gasteiger partial charge < -0.3 is 5.11 Å². The van der Waals surface area contributed by atoms with Crippen molar-refractivity contribution in [1.29, 1.82) is 0 Å². The van der Waals surface area contributed by atoms with Crippen LogP contribution in [0.15, 0.2) is 12.7 Å². The minimum Gasteiger partial charge on any atom is -0.393 e. The van der Waals surface area contributed by atoms with Crippen molar-refractivity contribution in [2.24, 2.45) is 0 Å². The van der Waals surface area contributed by atoms with Gasteiger partial charge in [0.2, 0.25) is 5.78 Å². The number of hydrogen-bond donors (Lipinski definition) is 3. The SMILES string of the molecule is C=CC(=O)c1n[nH]nc1-c1n[nH]nc1CC[C@H](O)CCCCCCC. The quantitative estimate of drug-likeness (QED) is 0.309. The number of ketones is 1. The van der Waals surface area contributed by atoms with Crippen LogP contribution in [-0.4, -0.2) is 47.8 Å². The van der Waals surface area contributed by atoms with Crippen LogP contribution in [0.4, 0.5) is 0 Å². The Bertz CT molecular complexity index is 678. The molecule has 0 bridgehead atoms. The molecule has 0 aliphatic rings. The lowest BCUT2D eigenvalue weighted by atomic mass is 10.0. The summed E-state index contributed by atoms with van der Waals surface area (Å²) in [5, 5.41) is 31.2. The van der Waals surface area contributed by atoms with Crippen LogP contribution >= 0.6 is 0 Å². The van der Waals surface area contributed by atoms with Gasteiger partial charge in [0, 0.05) is 0 Å². The largest absolute Gasteiger partial charge is 0.393 e. The molecular formula is C17H26N6O2. The van der Waals surface area contributed by atoms with Gasteiger partial charge in [0.25, 0.3) is 0 Å². The summed E-state index contributed by atoms with van der Waals surface area (Å²) in [6.45, 7) is 5.65. The summed E-state index contributed by atoms with van der Waals surface area (Å²) in [4.78, 5) is 11.8. The molecule has 1 atom stereocenters.